The maximum atomic E-state index is 13.8. The summed E-state index contributed by atoms with van der Waals surface area (Å²) in [4.78, 5) is 54.5. The summed E-state index contributed by atoms with van der Waals surface area (Å²) in [6, 6.07) is 16.1. The van der Waals surface area contributed by atoms with Gasteiger partial charge in [0, 0.05) is 25.4 Å². The summed E-state index contributed by atoms with van der Waals surface area (Å²) in [6.07, 6.45) is 6.14. The summed E-state index contributed by atoms with van der Waals surface area (Å²) in [5.74, 6) is -1.89. The molecule has 4 atom stereocenters. The molecule has 2 aromatic rings. The van der Waals surface area contributed by atoms with Crippen LogP contribution in [-0.2, 0) is 31.1 Å². The molecule has 3 unspecified atom stereocenters. The van der Waals surface area contributed by atoms with E-state index in [9.17, 15) is 32.3 Å². The molecule has 1 fully saturated rings. The van der Waals surface area contributed by atoms with Crippen LogP contribution in [0, 0.1) is 0 Å². The molecule has 0 bridgehead atoms. The van der Waals surface area contributed by atoms with E-state index < -0.39 is 42.0 Å². The molecule has 1 saturated heterocycles. The number of likely N-dealkylation sites (tertiary alicyclic amines) is 1. The first kappa shape index (κ1) is 37.8. The Hall–Kier alpha value is -4.45. The lowest BCUT2D eigenvalue weighted by atomic mass is 9.71. The summed E-state index contributed by atoms with van der Waals surface area (Å²) in [5, 5.41) is 8.02. The van der Waals surface area contributed by atoms with Crippen LogP contribution in [0.25, 0.3) is 0 Å². The minimum Gasteiger partial charge on any atom is -0.370 e. The highest BCUT2D eigenvalue weighted by Crippen LogP contribution is 2.55. The van der Waals surface area contributed by atoms with Gasteiger partial charge in [0.15, 0.2) is 0 Å². The number of alkyl halides is 3. The average Bonchev–Trinajstić information content (AvgIpc) is 3.40. The predicted molar refractivity (Wildman–Crippen MR) is 188 cm³/mol. The van der Waals surface area contributed by atoms with Crippen molar-refractivity contribution in [3.63, 3.8) is 0 Å². The number of piperidine rings is 1. The summed E-state index contributed by atoms with van der Waals surface area (Å²) >= 11 is 0. The van der Waals surface area contributed by atoms with Gasteiger partial charge in [0.1, 0.15) is 12.6 Å². The van der Waals surface area contributed by atoms with Crippen LogP contribution in [0.5, 0.6) is 0 Å². The molecular formula is C39H48F3N5O4. The third-order valence-electron chi connectivity index (χ3n) is 10.3. The molecule has 2 aromatic carbocycles. The van der Waals surface area contributed by atoms with Gasteiger partial charge in [-0.1, -0.05) is 79.2 Å². The lowest BCUT2D eigenvalue weighted by Gasteiger charge is -2.35. The number of nitrogens with two attached hydrogens (primary N) is 1. The Balaban J connectivity index is 1.23. The SMILES string of the molecule is NC(=O)CCCC(NC(=O)[C@H]1CCCCN1Cc1ccccc1)C(=O)NCCCCC1(C(=O)NCC(F)(F)F)C2=CC=CCC2c2ccccc21. The predicted octanol–water partition coefficient (Wildman–Crippen LogP) is 5.07. The number of nitrogens with one attached hydrogen (secondary N) is 3. The number of carbonyl (C=O) groups is 4. The molecule has 1 heterocycles. The van der Waals surface area contributed by atoms with E-state index in [0.29, 0.717) is 38.6 Å². The van der Waals surface area contributed by atoms with Gasteiger partial charge < -0.3 is 21.7 Å². The van der Waals surface area contributed by atoms with Crippen molar-refractivity contribution in [2.45, 2.75) is 100 Å². The molecule has 0 aromatic heterocycles. The zero-order chi connectivity index (χ0) is 36.4. The molecule has 12 heteroatoms. The van der Waals surface area contributed by atoms with Crippen molar-refractivity contribution in [3.05, 3.63) is 95.1 Å². The fourth-order valence-corrected chi connectivity index (χ4v) is 7.85. The molecule has 4 amide bonds. The minimum absolute atomic E-state index is 0.0786. The molecule has 2 aliphatic carbocycles. The highest BCUT2D eigenvalue weighted by Gasteiger charge is 2.52. The Morgan fingerprint density at radius 2 is 1.73 bits per heavy atom. The molecule has 3 aliphatic rings. The number of unbranched alkanes of at least 4 members (excludes halogenated alkanes) is 1. The van der Waals surface area contributed by atoms with Crippen molar-refractivity contribution in [2.24, 2.45) is 5.73 Å². The summed E-state index contributed by atoms with van der Waals surface area (Å²) in [7, 11) is 0. The molecule has 274 valence electrons. The molecule has 0 radical (unpaired) electrons. The summed E-state index contributed by atoms with van der Waals surface area (Å²) in [6.45, 7) is 0.188. The Bertz CT molecular complexity index is 1610. The van der Waals surface area contributed by atoms with Crippen molar-refractivity contribution in [1.82, 2.24) is 20.9 Å². The van der Waals surface area contributed by atoms with Crippen LogP contribution in [0.4, 0.5) is 13.2 Å². The van der Waals surface area contributed by atoms with Gasteiger partial charge in [0.05, 0.1) is 11.5 Å². The van der Waals surface area contributed by atoms with Gasteiger partial charge in [-0.2, -0.15) is 13.2 Å². The molecule has 5 N–H and O–H groups in total. The maximum absolute atomic E-state index is 13.8. The topological polar surface area (TPSA) is 134 Å². The lowest BCUT2D eigenvalue weighted by molar-refractivity contribution is -0.141. The zero-order valence-electron chi connectivity index (χ0n) is 28.9. The number of hydrogen-bond donors (Lipinski definition) is 4. The maximum Gasteiger partial charge on any atom is 0.405 e. The largest absolute Gasteiger partial charge is 0.405 e. The number of benzene rings is 2. The van der Waals surface area contributed by atoms with Crippen molar-refractivity contribution in [2.75, 3.05) is 19.6 Å². The van der Waals surface area contributed by atoms with Crippen molar-refractivity contribution in [1.29, 1.82) is 0 Å². The zero-order valence-corrected chi connectivity index (χ0v) is 28.9. The number of halogens is 3. The molecular weight excluding hydrogens is 659 g/mol. The first-order chi connectivity index (χ1) is 24.5. The fraction of sp³-hybridized carbons (Fsp3) is 0.487. The fourth-order valence-electron chi connectivity index (χ4n) is 7.85. The van der Waals surface area contributed by atoms with Gasteiger partial charge in [0.25, 0.3) is 0 Å². The smallest absolute Gasteiger partial charge is 0.370 e. The minimum atomic E-state index is -4.56. The lowest BCUT2D eigenvalue weighted by Crippen LogP contribution is -2.54. The normalized spacial score (nSPS) is 21.9. The second-order valence-electron chi connectivity index (χ2n) is 13.8. The third kappa shape index (κ3) is 9.46. The van der Waals surface area contributed by atoms with Crippen molar-refractivity contribution in [3.8, 4) is 0 Å². The number of amides is 4. The third-order valence-corrected chi connectivity index (χ3v) is 10.3. The van der Waals surface area contributed by atoms with Gasteiger partial charge in [-0.05, 0) is 80.2 Å². The molecule has 9 nitrogen and oxygen atoms in total. The average molecular weight is 708 g/mol. The van der Waals surface area contributed by atoms with E-state index in [2.05, 4.69) is 20.9 Å². The number of hydrogen-bond acceptors (Lipinski definition) is 5. The number of allylic oxidation sites excluding steroid dienone is 3. The van der Waals surface area contributed by atoms with E-state index in [1.807, 2.05) is 66.8 Å². The van der Waals surface area contributed by atoms with Gasteiger partial charge >= 0.3 is 6.18 Å². The van der Waals surface area contributed by atoms with E-state index >= 15 is 0 Å². The van der Waals surface area contributed by atoms with Crippen LogP contribution in [-0.4, -0.2) is 66.4 Å². The number of carbonyl (C=O) groups excluding carboxylic acids is 4. The number of rotatable bonds is 16. The highest BCUT2D eigenvalue weighted by molar-refractivity contribution is 5.95. The van der Waals surface area contributed by atoms with E-state index in [1.165, 1.54) is 0 Å². The van der Waals surface area contributed by atoms with Gasteiger partial charge in [-0.15, -0.1) is 0 Å². The number of primary amides is 1. The van der Waals surface area contributed by atoms with Gasteiger partial charge in [0.2, 0.25) is 23.6 Å². The van der Waals surface area contributed by atoms with Crippen LogP contribution < -0.4 is 21.7 Å². The standard InChI is InChI=1S/C39H48F3N5O4/c40-39(41,42)26-45-37(51)38(30-17-6-4-15-28(30)29-16-5-7-18-31(29)38)22-9-10-23-44-35(49)32(19-12-21-34(43)48)46-36(50)33-20-8-11-24-47(33)25-27-13-2-1-3-14-27/h1-7,13-15,17-18,29,32-33H,8-12,16,19-26H2,(H2,43,48)(H,44,49)(H,45,51)(H,46,50)/t29?,32?,33-,38?/m1/s1. The molecule has 0 saturated carbocycles. The highest BCUT2D eigenvalue weighted by atomic mass is 19.4. The van der Waals surface area contributed by atoms with Crippen LogP contribution in [0.15, 0.2) is 78.4 Å². The second-order valence-corrected chi connectivity index (χ2v) is 13.8. The molecule has 1 aliphatic heterocycles. The number of fused-ring (bicyclic) bond motifs is 3. The summed E-state index contributed by atoms with van der Waals surface area (Å²) < 4.78 is 39.7. The van der Waals surface area contributed by atoms with Crippen LogP contribution >= 0.6 is 0 Å². The van der Waals surface area contributed by atoms with Gasteiger partial charge in [-0.25, -0.2) is 0 Å². The Kier molecular flexibility index (Phi) is 12.7. The quantitative estimate of drug-likeness (QED) is 0.181. The first-order valence-electron chi connectivity index (χ1n) is 18.0. The molecule has 5 rings (SSSR count). The van der Waals surface area contributed by atoms with E-state index in [-0.39, 0.29) is 43.5 Å². The van der Waals surface area contributed by atoms with Gasteiger partial charge in [-0.3, -0.25) is 24.1 Å². The summed E-state index contributed by atoms with van der Waals surface area (Å²) in [5.41, 5.74) is 7.63. The van der Waals surface area contributed by atoms with E-state index in [4.69, 9.17) is 5.73 Å². The van der Waals surface area contributed by atoms with Crippen LogP contribution in [0.3, 0.4) is 0 Å². The second kappa shape index (κ2) is 17.2. The number of nitrogens with zero attached hydrogens (tertiary/aromatic N) is 1. The van der Waals surface area contributed by atoms with Crippen molar-refractivity contribution >= 4 is 23.6 Å². The Labute approximate surface area is 297 Å². The molecule has 51 heavy (non-hydrogen) atoms. The monoisotopic (exact) mass is 707 g/mol. The Morgan fingerprint density at radius 1 is 0.961 bits per heavy atom. The van der Waals surface area contributed by atoms with Crippen LogP contribution in [0.2, 0.25) is 0 Å². The Morgan fingerprint density at radius 3 is 2.49 bits per heavy atom. The van der Waals surface area contributed by atoms with E-state index in [0.717, 1.165) is 41.6 Å². The van der Waals surface area contributed by atoms with Crippen molar-refractivity contribution < 1.29 is 32.3 Å². The molecule has 0 spiro atoms. The van der Waals surface area contributed by atoms with Crippen LogP contribution in [0.1, 0.15) is 86.8 Å². The first-order valence-corrected chi connectivity index (χ1v) is 18.0. The van der Waals surface area contributed by atoms with E-state index in [1.54, 1.807) is 6.07 Å².